The predicted octanol–water partition coefficient (Wildman–Crippen LogP) is 1.09. The zero-order chi connectivity index (χ0) is 8.27. The van der Waals surface area contributed by atoms with Gasteiger partial charge in [0.1, 0.15) is 5.75 Å². The zero-order valence-electron chi connectivity index (χ0n) is 6.00. The highest BCUT2D eigenvalue weighted by Crippen LogP contribution is 2.21. The maximum atomic E-state index is 12.6. The van der Waals surface area contributed by atoms with Gasteiger partial charge < -0.3 is 9.57 Å². The quantitative estimate of drug-likeness (QED) is 0.653. The summed E-state index contributed by atoms with van der Waals surface area (Å²) in [4.78, 5) is 4.23. The maximum Gasteiger partial charge on any atom is 0.186 e. The van der Waals surface area contributed by atoms with Crippen LogP contribution >= 0.6 is 0 Å². The summed E-state index contributed by atoms with van der Waals surface area (Å²) < 4.78 is 17.5. The molecule has 0 fully saturated rings. The first kappa shape index (κ1) is 7.81. The number of hydrogen-bond acceptors (Lipinski definition) is 3. The normalized spacial score (nSPS) is 9.36. The lowest BCUT2D eigenvalue weighted by atomic mass is 10.3. The molecule has 0 aliphatic heterocycles. The minimum absolute atomic E-state index is 0.0237. The molecular formula is C7H8FNO2. The van der Waals surface area contributed by atoms with Gasteiger partial charge in [-0.05, 0) is 12.1 Å². The largest absolute Gasteiger partial charge is 0.497 e. The Labute approximate surface area is 63.5 Å². The Hall–Kier alpha value is -1.29. The number of benzene rings is 1. The molecule has 11 heavy (non-hydrogen) atoms. The van der Waals surface area contributed by atoms with Crippen molar-refractivity contribution in [3.8, 4) is 11.5 Å². The van der Waals surface area contributed by atoms with E-state index >= 15 is 0 Å². The van der Waals surface area contributed by atoms with Crippen LogP contribution in [0.2, 0.25) is 0 Å². The smallest absolute Gasteiger partial charge is 0.186 e. The molecule has 0 saturated carbocycles. The topological polar surface area (TPSA) is 44.5 Å². The van der Waals surface area contributed by atoms with Crippen LogP contribution in [-0.4, -0.2) is 7.11 Å². The van der Waals surface area contributed by atoms with E-state index in [0.29, 0.717) is 5.75 Å². The number of methoxy groups -OCH3 is 1. The van der Waals surface area contributed by atoms with E-state index in [2.05, 4.69) is 4.84 Å². The number of halogens is 1. The van der Waals surface area contributed by atoms with Crippen molar-refractivity contribution in [1.29, 1.82) is 0 Å². The van der Waals surface area contributed by atoms with Crippen LogP contribution < -0.4 is 15.5 Å². The van der Waals surface area contributed by atoms with Gasteiger partial charge in [0.05, 0.1) is 7.11 Å². The monoisotopic (exact) mass is 157 g/mol. The molecule has 1 aromatic carbocycles. The van der Waals surface area contributed by atoms with Crippen molar-refractivity contribution < 1.29 is 14.0 Å². The van der Waals surface area contributed by atoms with E-state index in [-0.39, 0.29) is 5.75 Å². The van der Waals surface area contributed by atoms with Crippen molar-refractivity contribution in [1.82, 2.24) is 0 Å². The minimum Gasteiger partial charge on any atom is -0.497 e. The molecule has 0 unspecified atom stereocenters. The van der Waals surface area contributed by atoms with E-state index < -0.39 is 5.82 Å². The number of nitrogens with two attached hydrogens (primary N) is 1. The lowest BCUT2D eigenvalue weighted by Gasteiger charge is -2.02. The second-order valence-electron chi connectivity index (χ2n) is 1.91. The number of ether oxygens (including phenoxy) is 1. The Bertz CT molecular complexity index is 252. The van der Waals surface area contributed by atoms with Crippen molar-refractivity contribution in [3.05, 3.63) is 24.0 Å². The van der Waals surface area contributed by atoms with Crippen LogP contribution in [0.25, 0.3) is 0 Å². The first-order valence-corrected chi connectivity index (χ1v) is 2.98. The molecular weight excluding hydrogens is 149 g/mol. The number of rotatable bonds is 2. The van der Waals surface area contributed by atoms with E-state index in [1.54, 1.807) is 0 Å². The number of hydrogen-bond donors (Lipinski definition) is 1. The Kier molecular flexibility index (Phi) is 2.28. The molecule has 2 N–H and O–H groups in total. The van der Waals surface area contributed by atoms with Gasteiger partial charge >= 0.3 is 0 Å². The van der Waals surface area contributed by atoms with Gasteiger partial charge in [0.15, 0.2) is 11.6 Å². The Morgan fingerprint density at radius 2 is 2.18 bits per heavy atom. The first-order valence-electron chi connectivity index (χ1n) is 2.98. The fraction of sp³-hybridized carbons (Fsp3) is 0.143. The lowest BCUT2D eigenvalue weighted by molar-refractivity contribution is 0.312. The summed E-state index contributed by atoms with van der Waals surface area (Å²) >= 11 is 0. The standard InChI is InChI=1S/C7H8FNO2/c1-10-5-2-3-6(8)7(4-5)11-9/h2-4H,9H2,1H3. The molecule has 0 atom stereocenters. The van der Waals surface area contributed by atoms with Gasteiger partial charge in [0, 0.05) is 6.07 Å². The predicted molar refractivity (Wildman–Crippen MR) is 37.8 cm³/mol. The summed E-state index contributed by atoms with van der Waals surface area (Å²) in [6, 6.07) is 4.08. The molecule has 0 saturated heterocycles. The van der Waals surface area contributed by atoms with E-state index in [0.717, 1.165) is 0 Å². The molecule has 60 valence electrons. The first-order chi connectivity index (χ1) is 5.27. The molecule has 0 aromatic heterocycles. The highest BCUT2D eigenvalue weighted by molar-refractivity contribution is 5.34. The average molecular weight is 157 g/mol. The SMILES string of the molecule is COc1ccc(F)c(ON)c1. The summed E-state index contributed by atoms with van der Waals surface area (Å²) in [5, 5.41) is 0. The summed E-state index contributed by atoms with van der Waals surface area (Å²) in [6.07, 6.45) is 0. The Morgan fingerprint density at radius 3 is 2.73 bits per heavy atom. The summed E-state index contributed by atoms with van der Waals surface area (Å²) in [6.45, 7) is 0. The van der Waals surface area contributed by atoms with Crippen LogP contribution in [0.15, 0.2) is 18.2 Å². The van der Waals surface area contributed by atoms with Crippen molar-refractivity contribution in [2.45, 2.75) is 0 Å². The molecule has 0 bridgehead atoms. The average Bonchev–Trinajstić information content (AvgIpc) is 2.05. The van der Waals surface area contributed by atoms with Crippen molar-refractivity contribution in [2.24, 2.45) is 5.90 Å². The van der Waals surface area contributed by atoms with E-state index in [4.69, 9.17) is 10.6 Å². The zero-order valence-corrected chi connectivity index (χ0v) is 6.00. The Morgan fingerprint density at radius 1 is 1.45 bits per heavy atom. The molecule has 0 spiro atoms. The molecule has 3 nitrogen and oxygen atoms in total. The summed E-state index contributed by atoms with van der Waals surface area (Å²) in [5.74, 6) is 4.76. The summed E-state index contributed by atoms with van der Waals surface area (Å²) in [7, 11) is 1.48. The Balaban J connectivity index is 3.02. The highest BCUT2D eigenvalue weighted by atomic mass is 19.1. The van der Waals surface area contributed by atoms with Gasteiger partial charge in [0.2, 0.25) is 0 Å². The molecule has 4 heteroatoms. The molecule has 1 aromatic rings. The van der Waals surface area contributed by atoms with E-state index in [1.807, 2.05) is 0 Å². The van der Waals surface area contributed by atoms with E-state index in [1.165, 1.54) is 25.3 Å². The molecule has 1 rings (SSSR count). The molecule has 0 radical (unpaired) electrons. The third-order valence-corrected chi connectivity index (χ3v) is 1.27. The lowest BCUT2D eigenvalue weighted by Crippen LogP contribution is -2.03. The van der Waals surface area contributed by atoms with Crippen LogP contribution in [0, 0.1) is 5.82 Å². The third-order valence-electron chi connectivity index (χ3n) is 1.27. The van der Waals surface area contributed by atoms with Gasteiger partial charge in [-0.2, -0.15) is 5.90 Å². The third kappa shape index (κ3) is 1.59. The van der Waals surface area contributed by atoms with Gasteiger partial charge in [-0.3, -0.25) is 0 Å². The van der Waals surface area contributed by atoms with Gasteiger partial charge in [0.25, 0.3) is 0 Å². The molecule has 0 aliphatic rings. The molecule has 0 aliphatic carbocycles. The second-order valence-corrected chi connectivity index (χ2v) is 1.91. The van der Waals surface area contributed by atoms with Crippen LogP contribution in [-0.2, 0) is 0 Å². The van der Waals surface area contributed by atoms with Gasteiger partial charge in [-0.25, -0.2) is 4.39 Å². The van der Waals surface area contributed by atoms with Crippen molar-refractivity contribution >= 4 is 0 Å². The van der Waals surface area contributed by atoms with Gasteiger partial charge in [-0.1, -0.05) is 0 Å². The van der Waals surface area contributed by atoms with Crippen LogP contribution in [0.5, 0.6) is 11.5 Å². The van der Waals surface area contributed by atoms with Crippen molar-refractivity contribution in [3.63, 3.8) is 0 Å². The van der Waals surface area contributed by atoms with Crippen LogP contribution in [0.4, 0.5) is 4.39 Å². The second kappa shape index (κ2) is 3.21. The van der Waals surface area contributed by atoms with Crippen LogP contribution in [0.1, 0.15) is 0 Å². The summed E-state index contributed by atoms with van der Waals surface area (Å²) in [5.41, 5.74) is 0. The van der Waals surface area contributed by atoms with Crippen molar-refractivity contribution in [2.75, 3.05) is 7.11 Å². The molecule has 0 amide bonds. The van der Waals surface area contributed by atoms with Gasteiger partial charge in [-0.15, -0.1) is 0 Å². The minimum atomic E-state index is -0.506. The fourth-order valence-corrected chi connectivity index (χ4v) is 0.701. The highest BCUT2D eigenvalue weighted by Gasteiger charge is 2.02. The molecule has 0 heterocycles. The fourth-order valence-electron chi connectivity index (χ4n) is 0.701. The maximum absolute atomic E-state index is 12.6. The van der Waals surface area contributed by atoms with E-state index in [9.17, 15) is 4.39 Å². The van der Waals surface area contributed by atoms with Crippen LogP contribution in [0.3, 0.4) is 0 Å².